The maximum absolute atomic E-state index is 14.1. The number of anilines is 2. The van der Waals surface area contributed by atoms with Crippen LogP contribution in [0.4, 0.5) is 11.4 Å². The molecule has 3 heterocycles. The number of H-pyrrole nitrogens is 1. The summed E-state index contributed by atoms with van der Waals surface area (Å²) in [6.07, 6.45) is 8.37. The lowest BCUT2D eigenvalue weighted by Crippen LogP contribution is -2.44. The molecule has 0 radical (unpaired) electrons. The topological polar surface area (TPSA) is 136 Å². The van der Waals surface area contributed by atoms with Crippen LogP contribution >= 0.6 is 0 Å². The minimum atomic E-state index is -1.75. The first-order valence-corrected chi connectivity index (χ1v) is 17.1. The van der Waals surface area contributed by atoms with Crippen molar-refractivity contribution in [2.45, 2.75) is 44.4 Å². The van der Waals surface area contributed by atoms with Gasteiger partial charge in [-0.1, -0.05) is 103 Å². The van der Waals surface area contributed by atoms with Crippen LogP contribution in [0.1, 0.15) is 47.2 Å². The molecule has 2 aromatic heterocycles. The zero-order chi connectivity index (χ0) is 35.4. The maximum atomic E-state index is 14.1. The molecule has 0 fully saturated rings. The molecular formula is C41H40N6O4. The van der Waals surface area contributed by atoms with Crippen molar-refractivity contribution in [3.63, 3.8) is 0 Å². The molecule has 10 heteroatoms. The standard InChI is InChI=1S/C41H40N6O4/c1-28(12-9-10-21-46-26-37(44-45-46)34(27-48)30-14-3-2-4-15-30)41(51)35-18-6-8-20-38(35)47(40(41)50)25-29-13-11-16-32(22-29)43-39(49)23-31-24-42-36-19-7-5-17-33(31)36/h2-9,11-20,22,24,26,28,34,42,48,51H,10,21,23,25,27H2,1H3,(H,43,49)/b12-9+/t28-,34?,41+/m0/s1. The molecule has 7 rings (SSSR count). The lowest BCUT2D eigenvalue weighted by molar-refractivity contribution is -0.139. The van der Waals surface area contributed by atoms with E-state index in [4.69, 9.17) is 0 Å². The van der Waals surface area contributed by atoms with Crippen LogP contribution < -0.4 is 10.2 Å². The molecule has 1 unspecified atom stereocenters. The van der Waals surface area contributed by atoms with Crippen molar-refractivity contribution in [3.05, 3.63) is 156 Å². The molecular weight excluding hydrogens is 640 g/mol. The highest BCUT2D eigenvalue weighted by atomic mass is 16.3. The molecule has 10 nitrogen and oxygen atoms in total. The highest BCUT2D eigenvalue weighted by Crippen LogP contribution is 2.45. The number of para-hydroxylation sites is 2. The van der Waals surface area contributed by atoms with E-state index < -0.39 is 17.4 Å². The highest BCUT2D eigenvalue weighted by molar-refractivity contribution is 6.07. The normalized spacial score (nSPS) is 16.8. The van der Waals surface area contributed by atoms with E-state index in [1.807, 2.05) is 129 Å². The number of aliphatic hydroxyl groups excluding tert-OH is 1. The Morgan fingerprint density at radius 3 is 2.63 bits per heavy atom. The number of allylic oxidation sites excluding steroid dienone is 1. The third kappa shape index (κ3) is 6.84. The second-order valence-electron chi connectivity index (χ2n) is 13.0. The van der Waals surface area contributed by atoms with E-state index in [-0.39, 0.29) is 31.4 Å². The van der Waals surface area contributed by atoms with Crippen molar-refractivity contribution in [2.75, 3.05) is 16.8 Å². The van der Waals surface area contributed by atoms with Gasteiger partial charge in [-0.15, -0.1) is 5.10 Å². The fourth-order valence-electron chi connectivity index (χ4n) is 6.93. The van der Waals surface area contributed by atoms with E-state index in [1.165, 1.54) is 0 Å². The van der Waals surface area contributed by atoms with Gasteiger partial charge in [0.05, 0.1) is 36.9 Å². The number of hydrogen-bond donors (Lipinski definition) is 4. The smallest absolute Gasteiger partial charge is 0.264 e. The number of aromatic amines is 1. The highest BCUT2D eigenvalue weighted by Gasteiger charge is 2.52. The zero-order valence-corrected chi connectivity index (χ0v) is 28.3. The van der Waals surface area contributed by atoms with Crippen molar-refractivity contribution in [1.29, 1.82) is 0 Å². The Balaban J connectivity index is 1.00. The number of rotatable bonds is 13. The Labute approximate surface area is 296 Å². The summed E-state index contributed by atoms with van der Waals surface area (Å²) >= 11 is 0. The number of fused-ring (bicyclic) bond motifs is 2. The molecule has 51 heavy (non-hydrogen) atoms. The zero-order valence-electron chi connectivity index (χ0n) is 28.3. The van der Waals surface area contributed by atoms with Crippen LogP contribution in [-0.2, 0) is 34.7 Å². The number of nitrogens with zero attached hydrogens (tertiary/aromatic N) is 4. The quantitative estimate of drug-likeness (QED) is 0.109. The van der Waals surface area contributed by atoms with Crippen LogP contribution in [0.2, 0.25) is 0 Å². The summed E-state index contributed by atoms with van der Waals surface area (Å²) in [4.78, 5) is 31.9. The van der Waals surface area contributed by atoms with Gasteiger partial charge in [-0.05, 0) is 47.4 Å². The number of carbonyl (C=O) groups is 2. The Morgan fingerprint density at radius 1 is 1.00 bits per heavy atom. The Morgan fingerprint density at radius 2 is 1.78 bits per heavy atom. The molecule has 0 spiro atoms. The van der Waals surface area contributed by atoms with Gasteiger partial charge < -0.3 is 25.4 Å². The number of aryl methyl sites for hydroxylation is 1. The molecule has 6 aromatic rings. The van der Waals surface area contributed by atoms with E-state index in [2.05, 4.69) is 20.6 Å². The van der Waals surface area contributed by atoms with Crippen LogP contribution in [0.3, 0.4) is 0 Å². The summed E-state index contributed by atoms with van der Waals surface area (Å²) in [7, 11) is 0. The second kappa shape index (κ2) is 14.6. The van der Waals surface area contributed by atoms with Gasteiger partial charge in [-0.25, -0.2) is 0 Å². The van der Waals surface area contributed by atoms with Crippen LogP contribution in [-0.4, -0.2) is 48.6 Å². The lowest BCUT2D eigenvalue weighted by Gasteiger charge is -2.27. The van der Waals surface area contributed by atoms with Gasteiger partial charge in [-0.2, -0.15) is 0 Å². The first-order chi connectivity index (χ1) is 24.8. The number of aliphatic hydroxyl groups is 2. The molecule has 0 bridgehead atoms. The molecule has 4 N–H and O–H groups in total. The molecule has 258 valence electrons. The monoisotopic (exact) mass is 680 g/mol. The van der Waals surface area contributed by atoms with Gasteiger partial charge in [0.2, 0.25) is 5.91 Å². The molecule has 0 saturated carbocycles. The second-order valence-corrected chi connectivity index (χ2v) is 13.0. The van der Waals surface area contributed by atoms with Gasteiger partial charge in [0.25, 0.3) is 5.91 Å². The third-order valence-electron chi connectivity index (χ3n) is 9.66. The van der Waals surface area contributed by atoms with Crippen molar-refractivity contribution in [1.82, 2.24) is 20.0 Å². The summed E-state index contributed by atoms with van der Waals surface area (Å²) in [6.45, 7) is 2.55. The Bertz CT molecular complexity index is 2190. The van der Waals surface area contributed by atoms with E-state index >= 15 is 0 Å². The summed E-state index contributed by atoms with van der Waals surface area (Å²) < 4.78 is 1.74. The van der Waals surface area contributed by atoms with Crippen molar-refractivity contribution in [3.8, 4) is 0 Å². The van der Waals surface area contributed by atoms with E-state index in [9.17, 15) is 19.8 Å². The average molecular weight is 681 g/mol. The first-order valence-electron chi connectivity index (χ1n) is 17.1. The summed E-state index contributed by atoms with van der Waals surface area (Å²) in [5.74, 6) is -1.31. The van der Waals surface area contributed by atoms with E-state index in [0.717, 1.165) is 27.6 Å². The Kier molecular flexibility index (Phi) is 9.61. The summed E-state index contributed by atoms with van der Waals surface area (Å²) in [5, 5.41) is 34.6. The van der Waals surface area contributed by atoms with Crippen LogP contribution in [0.5, 0.6) is 0 Å². The number of benzene rings is 4. The first kappa shape index (κ1) is 33.6. The van der Waals surface area contributed by atoms with Gasteiger partial charge in [-0.3, -0.25) is 14.3 Å². The third-order valence-corrected chi connectivity index (χ3v) is 9.66. The van der Waals surface area contributed by atoms with Crippen molar-refractivity contribution < 1.29 is 19.8 Å². The number of carbonyl (C=O) groups excluding carboxylic acids is 2. The summed E-state index contributed by atoms with van der Waals surface area (Å²) in [5.41, 5.74) is 4.50. The van der Waals surface area contributed by atoms with Crippen LogP contribution in [0.25, 0.3) is 10.9 Å². The van der Waals surface area contributed by atoms with Gasteiger partial charge in [0, 0.05) is 47.0 Å². The predicted octanol–water partition coefficient (Wildman–Crippen LogP) is 6.08. The number of amides is 2. The molecule has 1 aliphatic rings. The predicted molar refractivity (Wildman–Crippen MR) is 197 cm³/mol. The molecule has 3 atom stereocenters. The molecule has 0 aliphatic carbocycles. The van der Waals surface area contributed by atoms with Crippen LogP contribution in [0, 0.1) is 5.92 Å². The largest absolute Gasteiger partial charge is 0.395 e. The van der Waals surface area contributed by atoms with Gasteiger partial charge >= 0.3 is 0 Å². The minimum Gasteiger partial charge on any atom is -0.395 e. The molecule has 2 amide bonds. The van der Waals surface area contributed by atoms with E-state index in [0.29, 0.717) is 35.6 Å². The molecule has 0 saturated heterocycles. The minimum absolute atomic E-state index is 0.0697. The SMILES string of the molecule is C[C@@H](/C=C/CCn1cc(C(CO)c2ccccc2)nn1)[C@]1(O)C(=O)N(Cc2cccc(NC(=O)Cc3c[nH]c4ccccc34)c2)c2ccccc21. The summed E-state index contributed by atoms with van der Waals surface area (Å²) in [6, 6.07) is 32.4. The molecule has 4 aromatic carbocycles. The lowest BCUT2D eigenvalue weighted by atomic mass is 9.83. The fourth-order valence-corrected chi connectivity index (χ4v) is 6.93. The van der Waals surface area contributed by atoms with Crippen molar-refractivity contribution >= 4 is 34.1 Å². The average Bonchev–Trinajstić information content (AvgIpc) is 3.84. The van der Waals surface area contributed by atoms with Gasteiger partial charge in [0.15, 0.2) is 5.60 Å². The van der Waals surface area contributed by atoms with Crippen molar-refractivity contribution in [2.24, 2.45) is 5.92 Å². The van der Waals surface area contributed by atoms with Gasteiger partial charge in [0.1, 0.15) is 0 Å². The number of aromatic nitrogens is 4. The molecule has 1 aliphatic heterocycles. The Hall–Kier alpha value is -5.84. The number of nitrogens with one attached hydrogen (secondary N) is 2. The van der Waals surface area contributed by atoms with Crippen LogP contribution in [0.15, 0.2) is 128 Å². The maximum Gasteiger partial charge on any atom is 0.264 e. The van der Waals surface area contributed by atoms with E-state index in [1.54, 1.807) is 15.6 Å². The number of hydrogen-bond acceptors (Lipinski definition) is 6. The fraction of sp³-hybridized carbons (Fsp3) is 0.220.